The molecule has 0 aromatic carbocycles. The van der Waals surface area contributed by atoms with Crippen molar-refractivity contribution in [1.29, 1.82) is 0 Å². The molecule has 15 heavy (non-hydrogen) atoms. The molecule has 2 heteroatoms. The summed E-state index contributed by atoms with van der Waals surface area (Å²) in [4.78, 5) is 0. The van der Waals surface area contributed by atoms with Crippen LogP contribution in [0.15, 0.2) is 47.8 Å². The van der Waals surface area contributed by atoms with Crippen molar-refractivity contribution in [3.05, 3.63) is 54.2 Å². The lowest BCUT2D eigenvalue weighted by Gasteiger charge is -2.24. The van der Waals surface area contributed by atoms with E-state index in [1.807, 2.05) is 37.6 Å². The Bertz CT molecular complexity index is 361. The number of hydrogen-bond donors (Lipinski definition) is 0. The van der Waals surface area contributed by atoms with Crippen LogP contribution >= 0.6 is 0 Å². The standard InChI is InChI=1S/C13H15O2/c1-11-7-9-13(14-2,15-11)10-8-12-5-3-4-6-12/h3-8,10H,9H2,1-2H3/b10-8+. The van der Waals surface area contributed by atoms with E-state index in [1.165, 1.54) is 5.57 Å². The summed E-state index contributed by atoms with van der Waals surface area (Å²) in [6, 6.07) is 0. The summed E-state index contributed by atoms with van der Waals surface area (Å²) in [5.74, 6) is 0.324. The monoisotopic (exact) mass is 203 g/mol. The van der Waals surface area contributed by atoms with Crippen molar-refractivity contribution < 1.29 is 9.47 Å². The molecule has 0 aromatic heterocycles. The topological polar surface area (TPSA) is 18.5 Å². The van der Waals surface area contributed by atoms with Crippen LogP contribution in [0.5, 0.6) is 0 Å². The molecule has 1 heterocycles. The summed E-state index contributed by atoms with van der Waals surface area (Å²) in [6.45, 7) is 1.94. The lowest BCUT2D eigenvalue weighted by atomic mass is 10.1. The maximum Gasteiger partial charge on any atom is 0.233 e. The van der Waals surface area contributed by atoms with Gasteiger partial charge in [-0.15, -0.1) is 0 Å². The second-order valence-electron chi connectivity index (χ2n) is 3.69. The normalized spacial score (nSPS) is 29.5. The molecule has 79 valence electrons. The van der Waals surface area contributed by atoms with E-state index in [-0.39, 0.29) is 0 Å². The molecule has 1 aliphatic carbocycles. The van der Waals surface area contributed by atoms with Crippen LogP contribution in [0, 0.1) is 6.42 Å². The number of hydrogen-bond acceptors (Lipinski definition) is 2. The molecule has 2 nitrogen and oxygen atoms in total. The van der Waals surface area contributed by atoms with Crippen molar-refractivity contribution in [1.82, 2.24) is 0 Å². The Morgan fingerprint density at radius 1 is 1.53 bits per heavy atom. The molecule has 0 spiro atoms. The third kappa shape index (κ3) is 2.21. The number of methoxy groups -OCH3 is 1. The summed E-state index contributed by atoms with van der Waals surface area (Å²) >= 11 is 0. The van der Waals surface area contributed by atoms with E-state index in [9.17, 15) is 0 Å². The van der Waals surface area contributed by atoms with Gasteiger partial charge in [-0.25, -0.2) is 0 Å². The summed E-state index contributed by atoms with van der Waals surface area (Å²) in [7, 11) is 1.67. The Morgan fingerprint density at radius 3 is 2.93 bits per heavy atom. The molecule has 1 aliphatic heterocycles. The van der Waals surface area contributed by atoms with Gasteiger partial charge in [-0.05, 0) is 24.6 Å². The van der Waals surface area contributed by atoms with E-state index in [0.717, 1.165) is 12.2 Å². The van der Waals surface area contributed by atoms with E-state index in [1.54, 1.807) is 7.11 Å². The van der Waals surface area contributed by atoms with Crippen molar-refractivity contribution in [2.75, 3.05) is 7.11 Å². The summed E-state index contributed by atoms with van der Waals surface area (Å²) in [5.41, 5.74) is 1.17. The Hall–Kier alpha value is -1.28. The van der Waals surface area contributed by atoms with Gasteiger partial charge in [0.25, 0.3) is 0 Å². The highest BCUT2D eigenvalue weighted by molar-refractivity contribution is 5.41. The fourth-order valence-electron chi connectivity index (χ4n) is 1.66. The van der Waals surface area contributed by atoms with E-state index >= 15 is 0 Å². The van der Waals surface area contributed by atoms with Gasteiger partial charge in [0.1, 0.15) is 0 Å². The zero-order valence-electron chi connectivity index (χ0n) is 9.07. The molecule has 0 bridgehead atoms. The smallest absolute Gasteiger partial charge is 0.233 e. The zero-order valence-corrected chi connectivity index (χ0v) is 9.07. The van der Waals surface area contributed by atoms with Gasteiger partial charge in [0.05, 0.1) is 5.76 Å². The van der Waals surface area contributed by atoms with Crippen LogP contribution in [0.2, 0.25) is 0 Å². The Labute approximate surface area is 90.6 Å². The average Bonchev–Trinajstić information content (AvgIpc) is 2.85. The predicted octanol–water partition coefficient (Wildman–Crippen LogP) is 2.91. The van der Waals surface area contributed by atoms with Gasteiger partial charge in [0.15, 0.2) is 0 Å². The van der Waals surface area contributed by atoms with Crippen molar-refractivity contribution >= 4 is 0 Å². The molecular weight excluding hydrogens is 188 g/mol. The molecule has 1 unspecified atom stereocenters. The van der Waals surface area contributed by atoms with Crippen LogP contribution in [0.4, 0.5) is 0 Å². The highest BCUT2D eigenvalue weighted by Crippen LogP contribution is 2.30. The Morgan fingerprint density at radius 2 is 2.40 bits per heavy atom. The zero-order chi connectivity index (χ0) is 10.7. The quantitative estimate of drug-likeness (QED) is 0.702. The van der Waals surface area contributed by atoms with E-state index < -0.39 is 5.79 Å². The molecule has 0 saturated heterocycles. The van der Waals surface area contributed by atoms with Crippen LogP contribution in [0.25, 0.3) is 0 Å². The minimum absolute atomic E-state index is 0.596. The maximum absolute atomic E-state index is 5.65. The summed E-state index contributed by atoms with van der Waals surface area (Å²) in [5, 5.41) is 0. The molecule has 1 radical (unpaired) electrons. The fraction of sp³-hybridized carbons (Fsp3) is 0.308. The van der Waals surface area contributed by atoms with Gasteiger partial charge in [-0.1, -0.05) is 24.3 Å². The van der Waals surface area contributed by atoms with Crippen molar-refractivity contribution in [3.63, 3.8) is 0 Å². The molecule has 0 amide bonds. The Kier molecular flexibility index (Phi) is 2.78. The molecule has 2 rings (SSSR count). The molecule has 0 saturated carbocycles. The average molecular weight is 203 g/mol. The highest BCUT2D eigenvalue weighted by atomic mass is 16.7. The van der Waals surface area contributed by atoms with Gasteiger partial charge >= 0.3 is 0 Å². The van der Waals surface area contributed by atoms with Crippen LogP contribution in [-0.4, -0.2) is 12.9 Å². The first-order chi connectivity index (χ1) is 7.24. The lowest BCUT2D eigenvalue weighted by Crippen LogP contribution is -2.27. The summed E-state index contributed by atoms with van der Waals surface area (Å²) < 4.78 is 11.1. The molecule has 0 fully saturated rings. The second kappa shape index (κ2) is 4.07. The molecule has 0 N–H and O–H groups in total. The third-order valence-electron chi connectivity index (χ3n) is 2.57. The van der Waals surface area contributed by atoms with Crippen LogP contribution in [0.3, 0.4) is 0 Å². The van der Waals surface area contributed by atoms with E-state index in [0.29, 0.717) is 0 Å². The molecule has 0 aromatic rings. The molecule has 1 atom stereocenters. The van der Waals surface area contributed by atoms with Gasteiger partial charge in [0, 0.05) is 20.0 Å². The second-order valence-corrected chi connectivity index (χ2v) is 3.69. The SMILES string of the molecule is COC1(/C=C/C2=C[CH]C=C2)CC=C(C)O1. The van der Waals surface area contributed by atoms with Crippen molar-refractivity contribution in [2.45, 2.75) is 19.1 Å². The largest absolute Gasteiger partial charge is 0.463 e. The minimum atomic E-state index is -0.596. The van der Waals surface area contributed by atoms with Crippen molar-refractivity contribution in [2.24, 2.45) is 0 Å². The van der Waals surface area contributed by atoms with Crippen LogP contribution in [0.1, 0.15) is 13.3 Å². The van der Waals surface area contributed by atoms with Gasteiger partial charge < -0.3 is 9.47 Å². The van der Waals surface area contributed by atoms with Gasteiger partial charge in [0.2, 0.25) is 5.79 Å². The first kappa shape index (κ1) is 10.2. The van der Waals surface area contributed by atoms with Gasteiger partial charge in [-0.2, -0.15) is 0 Å². The number of rotatable bonds is 3. The molecule has 2 aliphatic rings. The van der Waals surface area contributed by atoms with E-state index in [4.69, 9.17) is 9.47 Å². The first-order valence-corrected chi connectivity index (χ1v) is 5.06. The number of ether oxygens (including phenoxy) is 2. The van der Waals surface area contributed by atoms with E-state index in [2.05, 4.69) is 12.2 Å². The maximum atomic E-state index is 5.65. The molecular formula is C13H15O2. The third-order valence-corrected chi connectivity index (χ3v) is 2.57. The fourth-order valence-corrected chi connectivity index (χ4v) is 1.66. The minimum Gasteiger partial charge on any atom is -0.463 e. The van der Waals surface area contributed by atoms with Crippen LogP contribution < -0.4 is 0 Å². The summed E-state index contributed by atoms with van der Waals surface area (Å²) in [6.07, 6.45) is 14.9. The lowest BCUT2D eigenvalue weighted by molar-refractivity contribution is -0.145. The van der Waals surface area contributed by atoms with Crippen LogP contribution in [-0.2, 0) is 9.47 Å². The Balaban J connectivity index is 2.06. The van der Waals surface area contributed by atoms with Gasteiger partial charge in [-0.3, -0.25) is 0 Å². The predicted molar refractivity (Wildman–Crippen MR) is 59.9 cm³/mol. The number of allylic oxidation sites excluding steroid dienone is 6. The van der Waals surface area contributed by atoms with Crippen molar-refractivity contribution in [3.8, 4) is 0 Å². The first-order valence-electron chi connectivity index (χ1n) is 5.06. The highest BCUT2D eigenvalue weighted by Gasteiger charge is 2.32.